The first kappa shape index (κ1) is 22.8. The summed E-state index contributed by atoms with van der Waals surface area (Å²) in [4.78, 5) is 18.8. The molecule has 170 valence electrons. The van der Waals surface area contributed by atoms with E-state index in [1.165, 1.54) is 18.1 Å². The molecule has 32 heavy (non-hydrogen) atoms. The van der Waals surface area contributed by atoms with Crippen molar-refractivity contribution in [1.29, 1.82) is 0 Å². The van der Waals surface area contributed by atoms with Gasteiger partial charge in [-0.1, -0.05) is 0 Å². The average molecular weight is 452 g/mol. The number of halogens is 3. The highest BCUT2D eigenvalue weighted by atomic mass is 19.4. The van der Waals surface area contributed by atoms with Crippen LogP contribution in [0.3, 0.4) is 0 Å². The molecule has 2 heterocycles. The first-order chi connectivity index (χ1) is 15.1. The molecular formula is C19H19F3N6O4. The highest BCUT2D eigenvalue weighted by Crippen LogP contribution is 2.35. The van der Waals surface area contributed by atoms with E-state index in [-0.39, 0.29) is 18.9 Å². The number of hydrogen-bond donors (Lipinski definition) is 3. The first-order valence-electron chi connectivity index (χ1n) is 9.05. The van der Waals surface area contributed by atoms with Gasteiger partial charge in [-0.25, -0.2) is 14.8 Å². The van der Waals surface area contributed by atoms with Crippen molar-refractivity contribution in [1.82, 2.24) is 19.7 Å². The molecule has 3 rings (SSSR count). The lowest BCUT2D eigenvalue weighted by atomic mass is 10.1. The van der Waals surface area contributed by atoms with Crippen LogP contribution in [0, 0.1) is 0 Å². The maximum Gasteiger partial charge on any atom is 0.416 e. The van der Waals surface area contributed by atoms with Crippen LogP contribution in [0.15, 0.2) is 30.6 Å². The third-order valence-electron chi connectivity index (χ3n) is 4.18. The zero-order valence-electron chi connectivity index (χ0n) is 17.0. The minimum Gasteiger partial charge on any atom is -0.494 e. The maximum absolute atomic E-state index is 13.1. The van der Waals surface area contributed by atoms with E-state index in [0.29, 0.717) is 34.5 Å². The number of anilines is 2. The van der Waals surface area contributed by atoms with E-state index in [0.717, 1.165) is 6.07 Å². The number of rotatable bonds is 7. The molecule has 0 radical (unpaired) electrons. The average Bonchev–Trinajstić information content (AvgIpc) is 3.12. The smallest absolute Gasteiger partial charge is 0.416 e. The quantitative estimate of drug-likeness (QED) is 0.465. The SMILES string of the molecule is COc1c(N)cc(COCc2cc(C(F)(F)F)cc(NC(=O)O)n2)cc1-c1ncn(C)n1. The van der Waals surface area contributed by atoms with Gasteiger partial charge in [0.2, 0.25) is 0 Å². The van der Waals surface area contributed by atoms with Crippen LogP contribution in [0.4, 0.5) is 29.5 Å². The van der Waals surface area contributed by atoms with Gasteiger partial charge in [-0.05, 0) is 29.8 Å². The van der Waals surface area contributed by atoms with E-state index >= 15 is 0 Å². The summed E-state index contributed by atoms with van der Waals surface area (Å²) >= 11 is 0. The normalized spacial score (nSPS) is 11.4. The standard InChI is InChI=1S/C19H19F3N6O4/c1-28-9-24-17(27-28)13-3-10(4-14(23)16(13)31-2)7-32-8-12-5-11(19(20,21)22)6-15(25-12)26-18(29)30/h3-6,9H,7-8,23H2,1-2H3,(H,25,26)(H,29,30). The Morgan fingerprint density at radius 2 is 2.00 bits per heavy atom. The molecule has 13 heteroatoms. The van der Waals surface area contributed by atoms with E-state index in [9.17, 15) is 18.0 Å². The van der Waals surface area contributed by atoms with Crippen LogP contribution in [0.2, 0.25) is 0 Å². The molecule has 0 saturated heterocycles. The van der Waals surface area contributed by atoms with Gasteiger partial charge in [-0.3, -0.25) is 10.00 Å². The molecule has 0 unspecified atom stereocenters. The fourth-order valence-electron chi connectivity index (χ4n) is 2.93. The lowest BCUT2D eigenvalue weighted by Crippen LogP contribution is -2.13. The Morgan fingerprint density at radius 3 is 2.59 bits per heavy atom. The number of hydrogen-bond acceptors (Lipinski definition) is 7. The van der Waals surface area contributed by atoms with Crippen molar-refractivity contribution in [2.75, 3.05) is 18.2 Å². The predicted molar refractivity (Wildman–Crippen MR) is 107 cm³/mol. The Labute approximate surface area is 179 Å². The lowest BCUT2D eigenvalue weighted by molar-refractivity contribution is -0.137. The zero-order chi connectivity index (χ0) is 23.5. The van der Waals surface area contributed by atoms with Crippen molar-refractivity contribution >= 4 is 17.6 Å². The molecule has 0 aliphatic rings. The van der Waals surface area contributed by atoms with Gasteiger partial charge >= 0.3 is 12.3 Å². The monoisotopic (exact) mass is 452 g/mol. The number of aromatic nitrogens is 4. The molecule has 0 fully saturated rings. The van der Waals surface area contributed by atoms with Gasteiger partial charge in [0.1, 0.15) is 12.1 Å². The van der Waals surface area contributed by atoms with Crippen molar-refractivity contribution < 1.29 is 32.5 Å². The van der Waals surface area contributed by atoms with Crippen molar-refractivity contribution in [2.45, 2.75) is 19.4 Å². The summed E-state index contributed by atoms with van der Waals surface area (Å²) < 4.78 is 51.7. The molecular weight excluding hydrogens is 433 g/mol. The minimum atomic E-state index is -4.68. The highest BCUT2D eigenvalue weighted by molar-refractivity contribution is 5.81. The van der Waals surface area contributed by atoms with Crippen LogP contribution in [0.1, 0.15) is 16.8 Å². The number of nitrogen functional groups attached to an aromatic ring is 1. The van der Waals surface area contributed by atoms with Crippen molar-refractivity contribution in [3.8, 4) is 17.1 Å². The molecule has 10 nitrogen and oxygen atoms in total. The number of carboxylic acid groups (broad SMARTS) is 1. The number of alkyl halides is 3. The number of carbonyl (C=O) groups is 1. The summed E-state index contributed by atoms with van der Waals surface area (Å²) in [6.07, 6.45) is -4.70. The van der Waals surface area contributed by atoms with Gasteiger partial charge in [0.15, 0.2) is 11.6 Å². The second kappa shape index (κ2) is 9.09. The number of amides is 1. The fraction of sp³-hybridized carbons (Fsp3) is 0.263. The number of aryl methyl sites for hydroxylation is 1. The van der Waals surface area contributed by atoms with Crippen LogP contribution in [0.25, 0.3) is 11.4 Å². The summed E-state index contributed by atoms with van der Waals surface area (Å²) in [7, 11) is 3.16. The first-order valence-corrected chi connectivity index (χ1v) is 9.05. The van der Waals surface area contributed by atoms with Gasteiger partial charge in [0.05, 0.1) is 42.8 Å². The van der Waals surface area contributed by atoms with Crippen LogP contribution in [0.5, 0.6) is 5.75 Å². The Morgan fingerprint density at radius 1 is 1.25 bits per heavy atom. The van der Waals surface area contributed by atoms with Crippen LogP contribution < -0.4 is 15.8 Å². The number of pyridine rings is 1. The number of benzene rings is 1. The van der Waals surface area contributed by atoms with E-state index < -0.39 is 23.7 Å². The third kappa shape index (κ3) is 5.43. The number of ether oxygens (including phenoxy) is 2. The minimum absolute atomic E-state index is 0.0202. The molecule has 4 N–H and O–H groups in total. The lowest BCUT2D eigenvalue weighted by Gasteiger charge is -2.13. The largest absolute Gasteiger partial charge is 0.494 e. The predicted octanol–water partition coefficient (Wildman–Crippen LogP) is 3.29. The Hall–Kier alpha value is -3.87. The second-order valence-electron chi connectivity index (χ2n) is 6.66. The molecule has 3 aromatic rings. The Balaban J connectivity index is 1.80. The van der Waals surface area contributed by atoms with Gasteiger partial charge in [0.25, 0.3) is 0 Å². The summed E-state index contributed by atoms with van der Waals surface area (Å²) in [5.41, 5.74) is 6.33. The van der Waals surface area contributed by atoms with Crippen molar-refractivity contribution in [3.63, 3.8) is 0 Å². The Kier molecular flexibility index (Phi) is 6.48. The molecule has 2 aromatic heterocycles. The van der Waals surface area contributed by atoms with Crippen molar-refractivity contribution in [3.05, 3.63) is 47.4 Å². The van der Waals surface area contributed by atoms with Crippen molar-refractivity contribution in [2.24, 2.45) is 7.05 Å². The second-order valence-corrected chi connectivity index (χ2v) is 6.66. The molecule has 0 atom stereocenters. The Bertz CT molecular complexity index is 1130. The summed E-state index contributed by atoms with van der Waals surface area (Å²) in [6.45, 7) is -0.324. The fourth-order valence-corrected chi connectivity index (χ4v) is 2.93. The molecule has 0 aliphatic heterocycles. The van der Waals surface area contributed by atoms with Gasteiger partial charge in [-0.2, -0.15) is 18.3 Å². The van der Waals surface area contributed by atoms with E-state index in [1.54, 1.807) is 19.2 Å². The molecule has 1 amide bonds. The van der Waals surface area contributed by atoms with E-state index in [4.69, 9.17) is 20.3 Å². The topological polar surface area (TPSA) is 137 Å². The van der Waals surface area contributed by atoms with E-state index in [2.05, 4.69) is 15.1 Å². The maximum atomic E-state index is 13.1. The van der Waals surface area contributed by atoms with Gasteiger partial charge in [0, 0.05) is 7.05 Å². The number of nitrogens with one attached hydrogen (secondary N) is 1. The van der Waals surface area contributed by atoms with Crippen LogP contribution in [-0.2, 0) is 31.2 Å². The highest BCUT2D eigenvalue weighted by Gasteiger charge is 2.31. The zero-order valence-corrected chi connectivity index (χ0v) is 17.0. The number of nitrogens with zero attached hydrogens (tertiary/aromatic N) is 4. The van der Waals surface area contributed by atoms with Crippen LogP contribution >= 0.6 is 0 Å². The third-order valence-corrected chi connectivity index (χ3v) is 4.18. The van der Waals surface area contributed by atoms with Gasteiger partial charge in [-0.15, -0.1) is 0 Å². The molecule has 0 aliphatic carbocycles. The molecule has 0 spiro atoms. The molecule has 0 saturated carbocycles. The summed E-state index contributed by atoms with van der Waals surface area (Å²) in [6, 6.07) is 4.69. The number of nitrogens with two attached hydrogens (primary N) is 1. The van der Waals surface area contributed by atoms with E-state index in [1.807, 2.05) is 5.32 Å². The van der Waals surface area contributed by atoms with Gasteiger partial charge < -0.3 is 20.3 Å². The molecule has 0 bridgehead atoms. The van der Waals surface area contributed by atoms with Crippen LogP contribution in [-0.4, -0.2) is 38.1 Å². The number of methoxy groups -OCH3 is 1. The summed E-state index contributed by atoms with van der Waals surface area (Å²) in [5.74, 6) is 0.300. The molecule has 1 aromatic carbocycles. The summed E-state index contributed by atoms with van der Waals surface area (Å²) in [5, 5.41) is 14.8.